The fourth-order valence-corrected chi connectivity index (χ4v) is 9.81. The van der Waals surface area contributed by atoms with Crippen LogP contribution in [0.1, 0.15) is 113 Å². The maximum absolute atomic E-state index is 12.0. The smallest absolute Gasteiger partial charge is 0.438 e. The SMILES string of the molecule is CC(C)NC(C)C.C[C@H](CCC(=O)OCOP(=O)(O)O)[C@H]1CC[C@H]2[C@@H]3[C@@H](O)C[C@@H]4C[C@H](O)CC[C@]4(C)[C@H]3CC[C@]12C. The maximum atomic E-state index is 12.0. The van der Waals surface area contributed by atoms with Gasteiger partial charge >= 0.3 is 13.8 Å². The molecule has 4 fully saturated rings. The van der Waals surface area contributed by atoms with Crippen molar-refractivity contribution in [2.75, 3.05) is 6.79 Å². The third-order valence-corrected chi connectivity index (χ3v) is 11.8. The van der Waals surface area contributed by atoms with Crippen LogP contribution in [0.25, 0.3) is 0 Å². The van der Waals surface area contributed by atoms with Crippen molar-refractivity contribution in [1.82, 2.24) is 5.32 Å². The zero-order valence-electron chi connectivity index (χ0n) is 26.4. The largest absolute Gasteiger partial charge is 0.472 e. The minimum atomic E-state index is -4.65. The number of phosphoric ester groups is 1. The first-order valence-corrected chi connectivity index (χ1v) is 17.5. The molecule has 5 N–H and O–H groups in total. The second-order valence-electron chi connectivity index (χ2n) is 14.7. The summed E-state index contributed by atoms with van der Waals surface area (Å²) in [6, 6.07) is 1.25. The second-order valence-corrected chi connectivity index (χ2v) is 15.9. The summed E-state index contributed by atoms with van der Waals surface area (Å²) in [7, 11) is -4.65. The molecule has 41 heavy (non-hydrogen) atoms. The average Bonchev–Trinajstić information content (AvgIpc) is 3.19. The van der Waals surface area contributed by atoms with Gasteiger partial charge < -0.3 is 30.1 Å². The highest BCUT2D eigenvalue weighted by atomic mass is 31.2. The molecular weight excluding hydrogens is 545 g/mol. The predicted octanol–water partition coefficient (Wildman–Crippen LogP) is 5.40. The number of hydrogen-bond acceptors (Lipinski definition) is 7. The van der Waals surface area contributed by atoms with Crippen molar-refractivity contribution < 1.29 is 38.6 Å². The lowest BCUT2D eigenvalue weighted by Crippen LogP contribution is -2.58. The van der Waals surface area contributed by atoms with Crippen LogP contribution in [0.15, 0.2) is 0 Å². The molecule has 0 aromatic heterocycles. The number of aliphatic hydroxyl groups is 2. The molecule has 10 atom stereocenters. The van der Waals surface area contributed by atoms with E-state index < -0.39 is 20.6 Å². The summed E-state index contributed by atoms with van der Waals surface area (Å²) in [6.45, 7) is 14.9. The number of nitrogens with one attached hydrogen (secondary N) is 1. The van der Waals surface area contributed by atoms with Crippen molar-refractivity contribution in [3.63, 3.8) is 0 Å². The van der Waals surface area contributed by atoms with E-state index in [-0.39, 0.29) is 29.5 Å². The van der Waals surface area contributed by atoms with Gasteiger partial charge in [0, 0.05) is 18.5 Å². The van der Waals surface area contributed by atoms with Gasteiger partial charge in [-0.2, -0.15) is 0 Å². The van der Waals surface area contributed by atoms with E-state index in [1.54, 1.807) is 0 Å². The Kier molecular flexibility index (Phi) is 12.0. The van der Waals surface area contributed by atoms with Crippen LogP contribution in [0.3, 0.4) is 0 Å². The lowest BCUT2D eigenvalue weighted by Gasteiger charge is -2.62. The summed E-state index contributed by atoms with van der Waals surface area (Å²) in [6.07, 6.45) is 8.41. The molecule has 0 unspecified atom stereocenters. The molecule has 0 saturated heterocycles. The van der Waals surface area contributed by atoms with Crippen LogP contribution in [-0.2, 0) is 18.6 Å². The van der Waals surface area contributed by atoms with Gasteiger partial charge in [-0.05, 0) is 104 Å². The Labute approximate surface area is 247 Å². The van der Waals surface area contributed by atoms with Gasteiger partial charge in [-0.1, -0.05) is 48.5 Å². The summed E-state index contributed by atoms with van der Waals surface area (Å²) < 4.78 is 19.7. The van der Waals surface area contributed by atoms with Gasteiger partial charge in [0.2, 0.25) is 6.79 Å². The number of aliphatic hydroxyl groups excluding tert-OH is 2. The Balaban J connectivity index is 0.000000587. The lowest BCUT2D eigenvalue weighted by molar-refractivity contribution is -0.174. The number of ether oxygens (including phenoxy) is 1. The molecule has 0 amide bonds. The van der Waals surface area contributed by atoms with Crippen molar-refractivity contribution in [3.8, 4) is 0 Å². The van der Waals surface area contributed by atoms with Crippen LogP contribution < -0.4 is 5.32 Å². The highest BCUT2D eigenvalue weighted by Crippen LogP contribution is 2.68. The van der Waals surface area contributed by atoms with Crippen molar-refractivity contribution in [1.29, 1.82) is 0 Å². The van der Waals surface area contributed by atoms with Crippen LogP contribution in [0.2, 0.25) is 0 Å². The molecule has 0 heterocycles. The van der Waals surface area contributed by atoms with Gasteiger partial charge in [-0.15, -0.1) is 0 Å². The van der Waals surface area contributed by atoms with Crippen molar-refractivity contribution >= 4 is 13.8 Å². The molecule has 0 aromatic rings. The molecule has 240 valence electrons. The van der Waals surface area contributed by atoms with Gasteiger partial charge in [-0.25, -0.2) is 9.09 Å². The third kappa shape index (κ3) is 8.55. The normalized spacial score (nSPS) is 39.3. The van der Waals surface area contributed by atoms with E-state index >= 15 is 0 Å². The number of carbonyl (C=O) groups is 1. The zero-order valence-corrected chi connectivity index (χ0v) is 27.3. The molecule has 0 aromatic carbocycles. The highest BCUT2D eigenvalue weighted by Gasteiger charge is 2.62. The number of hydrogen-bond donors (Lipinski definition) is 5. The van der Waals surface area contributed by atoms with Crippen LogP contribution >= 0.6 is 7.82 Å². The molecule has 0 radical (unpaired) electrons. The molecule has 10 heteroatoms. The Hall–Kier alpha value is -0.540. The Morgan fingerprint density at radius 2 is 1.54 bits per heavy atom. The van der Waals surface area contributed by atoms with Gasteiger partial charge in [0.05, 0.1) is 12.2 Å². The molecule has 0 spiro atoms. The Morgan fingerprint density at radius 1 is 0.927 bits per heavy atom. The standard InChI is InChI=1S/C25H43O8P.C6H15N/c1-15(4-7-22(28)32-14-33-34(29,30)31)18-5-6-19-23-20(9-11-25(18,19)3)24(2)10-8-17(26)12-16(24)13-21(23)27;1-5(2)7-6(3)4/h15-21,23,26-27H,4-14H2,1-3H3,(H2,29,30,31);5-7H,1-4H3/t15-,16+,17-,18-,19+,20+,21+,23+,24+,25-;/m1./s1. The van der Waals surface area contributed by atoms with Crippen LogP contribution in [0, 0.1) is 46.3 Å². The highest BCUT2D eigenvalue weighted by molar-refractivity contribution is 7.46. The second kappa shape index (κ2) is 14.0. The quantitative estimate of drug-likeness (QED) is 0.133. The van der Waals surface area contributed by atoms with Gasteiger partial charge in [0.15, 0.2) is 0 Å². The van der Waals surface area contributed by atoms with E-state index in [9.17, 15) is 19.6 Å². The predicted molar refractivity (Wildman–Crippen MR) is 159 cm³/mol. The molecule has 4 aliphatic rings. The monoisotopic (exact) mass is 603 g/mol. The zero-order chi connectivity index (χ0) is 30.8. The maximum Gasteiger partial charge on any atom is 0.472 e. The molecule has 0 bridgehead atoms. The number of fused-ring (bicyclic) bond motifs is 5. The van der Waals surface area contributed by atoms with E-state index in [2.05, 4.69) is 58.3 Å². The van der Waals surface area contributed by atoms with Crippen LogP contribution in [-0.4, -0.2) is 57.1 Å². The van der Waals surface area contributed by atoms with E-state index in [0.717, 1.165) is 51.4 Å². The first kappa shape index (κ1) is 34.9. The van der Waals surface area contributed by atoms with E-state index in [1.165, 1.54) is 0 Å². The Morgan fingerprint density at radius 3 is 2.12 bits per heavy atom. The molecular formula is C31H58NO8P. The summed E-state index contributed by atoms with van der Waals surface area (Å²) >= 11 is 0. The molecule has 9 nitrogen and oxygen atoms in total. The first-order chi connectivity index (χ1) is 19.0. The van der Waals surface area contributed by atoms with E-state index in [4.69, 9.17) is 14.5 Å². The first-order valence-electron chi connectivity index (χ1n) is 16.0. The van der Waals surface area contributed by atoms with Gasteiger partial charge in [0.25, 0.3) is 0 Å². The molecule has 4 aliphatic carbocycles. The van der Waals surface area contributed by atoms with E-state index in [0.29, 0.717) is 54.0 Å². The van der Waals surface area contributed by atoms with Crippen molar-refractivity contribution in [2.45, 2.75) is 137 Å². The lowest BCUT2D eigenvalue weighted by atomic mass is 9.43. The molecule has 4 saturated carbocycles. The fraction of sp³-hybridized carbons (Fsp3) is 0.968. The fourth-order valence-electron chi connectivity index (χ4n) is 9.62. The number of esters is 1. The minimum absolute atomic E-state index is 0.145. The summed E-state index contributed by atoms with van der Waals surface area (Å²) in [5, 5.41) is 24.9. The molecule has 4 rings (SSSR count). The van der Waals surface area contributed by atoms with Gasteiger partial charge in [-0.3, -0.25) is 4.79 Å². The van der Waals surface area contributed by atoms with Crippen LogP contribution in [0.5, 0.6) is 0 Å². The average molecular weight is 604 g/mol. The summed E-state index contributed by atoms with van der Waals surface area (Å²) in [5.41, 5.74) is 0.361. The topological polar surface area (TPSA) is 146 Å². The van der Waals surface area contributed by atoms with E-state index in [1.807, 2.05) is 0 Å². The summed E-state index contributed by atoms with van der Waals surface area (Å²) in [5.74, 6) is 2.02. The molecule has 0 aliphatic heterocycles. The van der Waals surface area contributed by atoms with Crippen LogP contribution in [0.4, 0.5) is 0 Å². The third-order valence-electron chi connectivity index (χ3n) is 11.3. The van der Waals surface area contributed by atoms with Crippen molar-refractivity contribution in [3.05, 3.63) is 0 Å². The minimum Gasteiger partial charge on any atom is -0.438 e. The van der Waals surface area contributed by atoms with Gasteiger partial charge in [0.1, 0.15) is 0 Å². The number of rotatable bonds is 9. The number of phosphoric acid groups is 1. The number of carbonyl (C=O) groups excluding carboxylic acids is 1. The Bertz CT molecular complexity index is 905. The summed E-state index contributed by atoms with van der Waals surface area (Å²) in [4.78, 5) is 29.4. The van der Waals surface area contributed by atoms with Crippen molar-refractivity contribution in [2.24, 2.45) is 46.3 Å².